The van der Waals surface area contributed by atoms with Crippen LogP contribution in [0.3, 0.4) is 0 Å². The summed E-state index contributed by atoms with van der Waals surface area (Å²) in [4.78, 5) is 36.2. The zero-order chi connectivity index (χ0) is 16.4. The Morgan fingerprint density at radius 1 is 1.04 bits per heavy atom. The quantitative estimate of drug-likeness (QED) is 0.749. The van der Waals surface area contributed by atoms with Crippen LogP contribution in [0.25, 0.3) is 16.5 Å². The summed E-state index contributed by atoms with van der Waals surface area (Å²) in [5.74, 6) is -0.432. The van der Waals surface area contributed by atoms with Crippen LogP contribution < -0.4 is 11.1 Å². The van der Waals surface area contributed by atoms with Gasteiger partial charge >= 0.3 is 5.97 Å². The first-order chi connectivity index (χ1) is 11.1. The van der Waals surface area contributed by atoms with Gasteiger partial charge in [0.1, 0.15) is 0 Å². The van der Waals surface area contributed by atoms with Crippen molar-refractivity contribution in [3.63, 3.8) is 0 Å². The van der Waals surface area contributed by atoms with E-state index in [0.717, 1.165) is 0 Å². The zero-order valence-electron chi connectivity index (χ0n) is 12.4. The molecule has 0 fully saturated rings. The SMILES string of the molecule is CCOC(=O)c1ccc(-n2[nH]c(=O)c3ccccc3c2=O)cc1. The van der Waals surface area contributed by atoms with E-state index in [4.69, 9.17) is 4.74 Å². The van der Waals surface area contributed by atoms with Gasteiger partial charge in [-0.2, -0.15) is 0 Å². The summed E-state index contributed by atoms with van der Waals surface area (Å²) in [6.45, 7) is 2.02. The van der Waals surface area contributed by atoms with Crippen molar-refractivity contribution < 1.29 is 9.53 Å². The summed E-state index contributed by atoms with van der Waals surface area (Å²) in [6.07, 6.45) is 0. The highest BCUT2D eigenvalue weighted by atomic mass is 16.5. The van der Waals surface area contributed by atoms with Gasteiger partial charge in [-0.25, -0.2) is 9.48 Å². The molecule has 0 saturated carbocycles. The van der Waals surface area contributed by atoms with Crippen molar-refractivity contribution in [1.29, 1.82) is 0 Å². The van der Waals surface area contributed by atoms with Crippen LogP contribution in [0.2, 0.25) is 0 Å². The Kier molecular flexibility index (Phi) is 3.80. The summed E-state index contributed by atoms with van der Waals surface area (Å²) in [5, 5.41) is 3.22. The Hall–Kier alpha value is -3.15. The molecule has 1 heterocycles. The van der Waals surface area contributed by atoms with Crippen molar-refractivity contribution in [1.82, 2.24) is 9.78 Å². The van der Waals surface area contributed by atoms with Gasteiger partial charge in [-0.15, -0.1) is 0 Å². The molecule has 2 aromatic carbocycles. The number of esters is 1. The molecule has 0 aliphatic carbocycles. The van der Waals surface area contributed by atoms with E-state index >= 15 is 0 Å². The summed E-state index contributed by atoms with van der Waals surface area (Å²) in [5.41, 5.74) is 0.163. The van der Waals surface area contributed by atoms with Crippen molar-refractivity contribution in [3.8, 4) is 5.69 Å². The Bertz CT molecular complexity index is 984. The number of carbonyl (C=O) groups is 1. The van der Waals surface area contributed by atoms with E-state index in [2.05, 4.69) is 5.10 Å². The second-order valence-corrected chi connectivity index (χ2v) is 4.89. The summed E-state index contributed by atoms with van der Waals surface area (Å²) < 4.78 is 6.07. The van der Waals surface area contributed by atoms with E-state index in [1.807, 2.05) is 0 Å². The molecule has 23 heavy (non-hydrogen) atoms. The van der Waals surface area contributed by atoms with Crippen LogP contribution in [0.15, 0.2) is 58.1 Å². The minimum absolute atomic E-state index is 0.290. The number of carbonyl (C=O) groups excluding carboxylic acids is 1. The number of fused-ring (bicyclic) bond motifs is 1. The van der Waals surface area contributed by atoms with Gasteiger partial charge in [0.2, 0.25) is 0 Å². The van der Waals surface area contributed by atoms with E-state index in [-0.39, 0.29) is 17.7 Å². The highest BCUT2D eigenvalue weighted by Crippen LogP contribution is 2.10. The lowest BCUT2D eigenvalue weighted by Gasteiger charge is -2.08. The number of hydrogen-bond acceptors (Lipinski definition) is 4. The van der Waals surface area contributed by atoms with Crippen molar-refractivity contribution in [2.75, 3.05) is 6.61 Å². The molecule has 0 saturated heterocycles. The fourth-order valence-electron chi connectivity index (χ4n) is 2.34. The van der Waals surface area contributed by atoms with Crippen LogP contribution in [0, 0.1) is 0 Å². The molecule has 0 aliphatic heterocycles. The number of benzene rings is 2. The number of ether oxygens (including phenoxy) is 1. The molecule has 0 spiro atoms. The predicted octanol–water partition coefficient (Wildman–Crippen LogP) is 1.86. The molecular weight excluding hydrogens is 296 g/mol. The van der Waals surface area contributed by atoms with Crippen LogP contribution in [0.4, 0.5) is 0 Å². The molecule has 116 valence electrons. The molecule has 0 unspecified atom stereocenters. The molecule has 3 rings (SSSR count). The number of nitrogens with one attached hydrogen (secondary N) is 1. The van der Waals surface area contributed by atoms with Crippen LogP contribution in [0.1, 0.15) is 17.3 Å². The third-order valence-corrected chi connectivity index (χ3v) is 3.46. The number of aromatic amines is 1. The Morgan fingerprint density at radius 3 is 2.35 bits per heavy atom. The molecule has 1 N–H and O–H groups in total. The zero-order valence-corrected chi connectivity index (χ0v) is 12.4. The molecule has 6 nitrogen and oxygen atoms in total. The highest BCUT2D eigenvalue weighted by Gasteiger charge is 2.10. The van der Waals surface area contributed by atoms with Crippen molar-refractivity contribution in [2.24, 2.45) is 0 Å². The molecule has 0 radical (unpaired) electrons. The predicted molar refractivity (Wildman–Crippen MR) is 86.1 cm³/mol. The molecule has 0 aliphatic rings. The molecule has 0 atom stereocenters. The molecule has 0 amide bonds. The lowest BCUT2D eigenvalue weighted by atomic mass is 10.2. The van der Waals surface area contributed by atoms with Crippen molar-refractivity contribution in [2.45, 2.75) is 6.92 Å². The molecule has 3 aromatic rings. The van der Waals surface area contributed by atoms with E-state index in [1.54, 1.807) is 55.5 Å². The average Bonchev–Trinajstić information content (AvgIpc) is 2.58. The monoisotopic (exact) mass is 310 g/mol. The number of hydrogen-bond donors (Lipinski definition) is 1. The van der Waals surface area contributed by atoms with Gasteiger partial charge in [-0.05, 0) is 43.3 Å². The van der Waals surface area contributed by atoms with Crippen LogP contribution in [-0.4, -0.2) is 22.4 Å². The van der Waals surface area contributed by atoms with E-state index in [9.17, 15) is 14.4 Å². The largest absolute Gasteiger partial charge is 0.462 e. The number of H-pyrrole nitrogens is 1. The van der Waals surface area contributed by atoms with Gasteiger partial charge < -0.3 is 4.74 Å². The molecule has 0 bridgehead atoms. The van der Waals surface area contributed by atoms with Gasteiger partial charge in [-0.3, -0.25) is 14.7 Å². The molecule has 1 aromatic heterocycles. The topological polar surface area (TPSA) is 81.2 Å². The van der Waals surface area contributed by atoms with E-state index in [0.29, 0.717) is 22.0 Å². The van der Waals surface area contributed by atoms with Gasteiger partial charge in [0, 0.05) is 0 Å². The highest BCUT2D eigenvalue weighted by molar-refractivity contribution is 5.89. The third-order valence-electron chi connectivity index (χ3n) is 3.46. The smallest absolute Gasteiger partial charge is 0.338 e. The van der Waals surface area contributed by atoms with E-state index in [1.165, 1.54) is 4.68 Å². The first-order valence-corrected chi connectivity index (χ1v) is 7.13. The third kappa shape index (κ3) is 2.66. The standard InChI is InChI=1S/C17H14N2O4/c1-2-23-17(22)11-7-9-12(10-8-11)19-16(21)14-6-4-3-5-13(14)15(20)18-19/h3-10H,2H2,1H3,(H,18,20). The lowest BCUT2D eigenvalue weighted by molar-refractivity contribution is 0.0526. The average molecular weight is 310 g/mol. The van der Waals surface area contributed by atoms with Gasteiger partial charge in [0.05, 0.1) is 28.6 Å². The minimum Gasteiger partial charge on any atom is -0.462 e. The Labute approximate surface area is 130 Å². The fourth-order valence-corrected chi connectivity index (χ4v) is 2.34. The lowest BCUT2D eigenvalue weighted by Crippen LogP contribution is -2.28. The Morgan fingerprint density at radius 2 is 1.70 bits per heavy atom. The number of aromatic nitrogens is 2. The normalized spacial score (nSPS) is 10.7. The van der Waals surface area contributed by atoms with Crippen LogP contribution >= 0.6 is 0 Å². The van der Waals surface area contributed by atoms with Crippen LogP contribution in [-0.2, 0) is 4.74 Å². The maximum absolute atomic E-state index is 12.5. The maximum atomic E-state index is 12.5. The van der Waals surface area contributed by atoms with Crippen LogP contribution in [0.5, 0.6) is 0 Å². The number of nitrogens with zero attached hydrogens (tertiary/aromatic N) is 1. The summed E-state index contributed by atoms with van der Waals surface area (Å²) >= 11 is 0. The second-order valence-electron chi connectivity index (χ2n) is 4.89. The van der Waals surface area contributed by atoms with E-state index < -0.39 is 5.97 Å². The van der Waals surface area contributed by atoms with Crippen molar-refractivity contribution in [3.05, 3.63) is 74.8 Å². The minimum atomic E-state index is -0.432. The van der Waals surface area contributed by atoms with Gasteiger partial charge in [0.25, 0.3) is 11.1 Å². The summed E-state index contributed by atoms with van der Waals surface area (Å²) in [7, 11) is 0. The molecule has 6 heteroatoms. The van der Waals surface area contributed by atoms with Gasteiger partial charge in [0.15, 0.2) is 0 Å². The first kappa shape index (κ1) is 14.8. The van der Waals surface area contributed by atoms with Crippen molar-refractivity contribution >= 4 is 16.7 Å². The van der Waals surface area contributed by atoms with Gasteiger partial charge in [-0.1, -0.05) is 12.1 Å². The second kappa shape index (κ2) is 5.92. The number of rotatable bonds is 3. The fraction of sp³-hybridized carbons (Fsp3) is 0.118. The summed E-state index contributed by atoms with van der Waals surface area (Å²) in [6, 6.07) is 12.9. The first-order valence-electron chi connectivity index (χ1n) is 7.13. The maximum Gasteiger partial charge on any atom is 0.338 e. The Balaban J connectivity index is 2.11. The molecular formula is C17H14N2O4.